The minimum absolute atomic E-state index is 0.0843. The molecule has 4 nitrogen and oxygen atoms in total. The predicted molar refractivity (Wildman–Crippen MR) is 100 cm³/mol. The number of benzene rings is 1. The van der Waals surface area contributed by atoms with Gasteiger partial charge in [0.1, 0.15) is 0 Å². The van der Waals surface area contributed by atoms with Crippen molar-refractivity contribution in [3.05, 3.63) is 24.3 Å². The van der Waals surface area contributed by atoms with Crippen LogP contribution in [0.15, 0.2) is 29.2 Å². The summed E-state index contributed by atoms with van der Waals surface area (Å²) >= 11 is 1.55. The van der Waals surface area contributed by atoms with Crippen molar-refractivity contribution in [3.8, 4) is 0 Å². The van der Waals surface area contributed by atoms with Gasteiger partial charge in [-0.3, -0.25) is 9.59 Å². The molecule has 4 atom stereocenters. The van der Waals surface area contributed by atoms with Gasteiger partial charge in [-0.15, -0.1) is 11.8 Å². The lowest BCUT2D eigenvalue weighted by Gasteiger charge is -2.35. The maximum atomic E-state index is 12.5. The molecule has 1 aromatic carbocycles. The minimum Gasteiger partial charge on any atom is -0.352 e. The van der Waals surface area contributed by atoms with Crippen molar-refractivity contribution in [2.75, 3.05) is 5.32 Å². The second kappa shape index (κ2) is 8.56. The molecule has 2 amide bonds. The van der Waals surface area contributed by atoms with Crippen LogP contribution in [0.2, 0.25) is 0 Å². The van der Waals surface area contributed by atoms with Gasteiger partial charge in [-0.2, -0.15) is 0 Å². The van der Waals surface area contributed by atoms with Crippen molar-refractivity contribution in [2.45, 2.75) is 63.1 Å². The van der Waals surface area contributed by atoms with Gasteiger partial charge >= 0.3 is 0 Å². The number of amides is 2. The highest BCUT2D eigenvalue weighted by atomic mass is 32.2. The molecular weight excluding hydrogens is 320 g/mol. The van der Waals surface area contributed by atoms with E-state index in [1.54, 1.807) is 11.8 Å². The average Bonchev–Trinajstić information content (AvgIpc) is 2.53. The van der Waals surface area contributed by atoms with Crippen LogP contribution in [0.25, 0.3) is 0 Å². The maximum absolute atomic E-state index is 12.5. The van der Waals surface area contributed by atoms with Crippen LogP contribution in [0.1, 0.15) is 47.0 Å². The standard InChI is InChI=1S/C19H28N2O2S/c1-12-6-5-7-18(13(12)2)21-19(23)14(3)24-17-10-8-16(9-11-17)20-15(4)22/h8-14,18H,5-7H2,1-4H3,(H,20,22)(H,21,23)/t12-,13+,14+,18-/m0/s1. The largest absolute Gasteiger partial charge is 0.352 e. The summed E-state index contributed by atoms with van der Waals surface area (Å²) in [5.41, 5.74) is 0.772. The molecule has 1 aliphatic carbocycles. The third-order valence-electron chi connectivity index (χ3n) is 4.89. The van der Waals surface area contributed by atoms with E-state index in [2.05, 4.69) is 24.5 Å². The van der Waals surface area contributed by atoms with E-state index >= 15 is 0 Å². The van der Waals surface area contributed by atoms with Gasteiger partial charge in [0.05, 0.1) is 5.25 Å². The van der Waals surface area contributed by atoms with E-state index in [9.17, 15) is 9.59 Å². The summed E-state index contributed by atoms with van der Waals surface area (Å²) in [6, 6.07) is 7.89. The number of rotatable bonds is 5. The van der Waals surface area contributed by atoms with Crippen molar-refractivity contribution in [1.29, 1.82) is 0 Å². The van der Waals surface area contributed by atoms with Crippen LogP contribution < -0.4 is 10.6 Å². The predicted octanol–water partition coefficient (Wildman–Crippen LogP) is 4.07. The van der Waals surface area contributed by atoms with Crippen LogP contribution in [-0.2, 0) is 9.59 Å². The molecule has 0 saturated heterocycles. The third-order valence-corrected chi connectivity index (χ3v) is 6.00. The van der Waals surface area contributed by atoms with Crippen molar-refractivity contribution in [1.82, 2.24) is 5.32 Å². The van der Waals surface area contributed by atoms with Gasteiger partial charge in [-0.25, -0.2) is 0 Å². The zero-order valence-electron chi connectivity index (χ0n) is 15.0. The van der Waals surface area contributed by atoms with Crippen molar-refractivity contribution < 1.29 is 9.59 Å². The van der Waals surface area contributed by atoms with Gasteiger partial charge in [0.2, 0.25) is 11.8 Å². The van der Waals surface area contributed by atoms with Crippen LogP contribution in [0.5, 0.6) is 0 Å². The van der Waals surface area contributed by atoms with Gasteiger partial charge in [-0.05, 0) is 49.4 Å². The van der Waals surface area contributed by atoms with E-state index in [4.69, 9.17) is 0 Å². The fraction of sp³-hybridized carbons (Fsp3) is 0.579. The third kappa shape index (κ3) is 5.26. The molecule has 132 valence electrons. The highest BCUT2D eigenvalue weighted by molar-refractivity contribution is 8.00. The molecule has 5 heteroatoms. The average molecular weight is 349 g/mol. The fourth-order valence-corrected chi connectivity index (χ4v) is 4.04. The smallest absolute Gasteiger partial charge is 0.233 e. The van der Waals surface area contributed by atoms with Crippen LogP contribution in [0.3, 0.4) is 0 Å². The first-order chi connectivity index (χ1) is 11.4. The molecule has 2 rings (SSSR count). The number of hydrogen-bond acceptors (Lipinski definition) is 3. The van der Waals surface area contributed by atoms with Gasteiger partial charge in [0, 0.05) is 23.5 Å². The maximum Gasteiger partial charge on any atom is 0.233 e. The van der Waals surface area contributed by atoms with Gasteiger partial charge in [0.25, 0.3) is 0 Å². The summed E-state index contributed by atoms with van der Waals surface area (Å²) in [6.07, 6.45) is 3.54. The molecule has 0 heterocycles. The number of anilines is 1. The number of hydrogen-bond donors (Lipinski definition) is 2. The minimum atomic E-state index is -0.138. The van der Waals surface area contributed by atoms with Crippen LogP contribution >= 0.6 is 11.8 Å². The summed E-state index contributed by atoms with van der Waals surface area (Å²) in [7, 11) is 0. The number of carbonyl (C=O) groups is 2. The molecule has 1 fully saturated rings. The fourth-order valence-electron chi connectivity index (χ4n) is 3.16. The van der Waals surface area contributed by atoms with Crippen LogP contribution in [0.4, 0.5) is 5.69 Å². The zero-order chi connectivity index (χ0) is 17.7. The normalized spacial score (nSPS) is 24.9. The Labute approximate surface area is 149 Å². The topological polar surface area (TPSA) is 58.2 Å². The second-order valence-electron chi connectivity index (χ2n) is 6.85. The van der Waals surface area contributed by atoms with E-state index in [0.717, 1.165) is 17.0 Å². The quantitative estimate of drug-likeness (QED) is 0.789. The molecule has 0 bridgehead atoms. The molecule has 0 aromatic heterocycles. The Bertz CT molecular complexity index is 573. The summed E-state index contributed by atoms with van der Waals surface area (Å²) in [4.78, 5) is 24.6. The molecule has 1 aromatic rings. The van der Waals surface area contributed by atoms with E-state index in [-0.39, 0.29) is 17.1 Å². The molecule has 0 radical (unpaired) electrons. The van der Waals surface area contributed by atoms with Gasteiger partial charge in [-0.1, -0.05) is 26.7 Å². The first-order valence-corrected chi connectivity index (χ1v) is 9.59. The molecule has 1 saturated carbocycles. The molecule has 24 heavy (non-hydrogen) atoms. The summed E-state index contributed by atoms with van der Waals surface area (Å²) < 4.78 is 0. The summed E-state index contributed by atoms with van der Waals surface area (Å²) in [5, 5.41) is 5.85. The van der Waals surface area contributed by atoms with Crippen molar-refractivity contribution in [3.63, 3.8) is 0 Å². The molecule has 1 aliphatic rings. The second-order valence-corrected chi connectivity index (χ2v) is 8.26. The zero-order valence-corrected chi connectivity index (χ0v) is 15.8. The number of thioether (sulfide) groups is 1. The SMILES string of the molecule is CC(=O)Nc1ccc(S[C@H](C)C(=O)N[C@H]2CCC[C@H](C)[C@H]2C)cc1. The Kier molecular flexibility index (Phi) is 6.72. The van der Waals surface area contributed by atoms with E-state index in [1.807, 2.05) is 31.2 Å². The van der Waals surface area contributed by atoms with Gasteiger partial charge in [0.15, 0.2) is 0 Å². The Morgan fingerprint density at radius 3 is 2.46 bits per heavy atom. The van der Waals surface area contributed by atoms with Crippen molar-refractivity contribution >= 4 is 29.3 Å². The molecule has 2 N–H and O–H groups in total. The molecule has 0 aliphatic heterocycles. The molecule has 0 unspecified atom stereocenters. The lowest BCUT2D eigenvalue weighted by Crippen LogP contribution is -2.46. The Morgan fingerprint density at radius 1 is 1.17 bits per heavy atom. The highest BCUT2D eigenvalue weighted by Crippen LogP contribution is 2.30. The highest BCUT2D eigenvalue weighted by Gasteiger charge is 2.29. The molecular formula is C19H28N2O2S. The van der Waals surface area contributed by atoms with E-state index in [0.29, 0.717) is 17.9 Å². The van der Waals surface area contributed by atoms with Crippen LogP contribution in [-0.4, -0.2) is 23.1 Å². The lowest BCUT2D eigenvalue weighted by molar-refractivity contribution is -0.121. The Hall–Kier alpha value is -1.49. The van der Waals surface area contributed by atoms with E-state index < -0.39 is 0 Å². The first kappa shape index (κ1) is 18.8. The van der Waals surface area contributed by atoms with Crippen LogP contribution in [0, 0.1) is 11.8 Å². The Balaban J connectivity index is 1.88. The number of nitrogens with one attached hydrogen (secondary N) is 2. The summed E-state index contributed by atoms with van der Waals surface area (Å²) in [6.45, 7) is 7.95. The first-order valence-electron chi connectivity index (χ1n) is 8.71. The van der Waals surface area contributed by atoms with Crippen molar-refractivity contribution in [2.24, 2.45) is 11.8 Å². The van der Waals surface area contributed by atoms with E-state index in [1.165, 1.54) is 19.8 Å². The molecule has 0 spiro atoms. The summed E-state index contributed by atoms with van der Waals surface area (Å²) in [5.74, 6) is 1.24. The number of carbonyl (C=O) groups excluding carboxylic acids is 2. The lowest BCUT2D eigenvalue weighted by atomic mass is 9.78. The Morgan fingerprint density at radius 2 is 1.83 bits per heavy atom. The van der Waals surface area contributed by atoms with Gasteiger partial charge < -0.3 is 10.6 Å². The monoisotopic (exact) mass is 348 g/mol.